The Morgan fingerprint density at radius 3 is 2.23 bits per heavy atom. The first kappa shape index (κ1) is 19.4. The molecule has 1 aromatic carbocycles. The molecule has 2 fully saturated rings. The second kappa shape index (κ2) is 8.53. The van der Waals surface area contributed by atoms with Crippen molar-refractivity contribution in [2.24, 2.45) is 11.8 Å². The monoisotopic (exact) mass is 378 g/mol. The molecule has 1 aliphatic heterocycles. The van der Waals surface area contributed by atoms with E-state index in [1.54, 1.807) is 4.31 Å². The number of hydrogen-bond donors (Lipinski definition) is 1. The lowest BCUT2D eigenvalue weighted by atomic mass is 9.90. The van der Waals surface area contributed by atoms with Crippen molar-refractivity contribution >= 4 is 15.9 Å². The van der Waals surface area contributed by atoms with E-state index in [9.17, 15) is 13.2 Å². The summed E-state index contributed by atoms with van der Waals surface area (Å²) in [5.41, 5.74) is 2.49. The van der Waals surface area contributed by atoms with Crippen LogP contribution in [0.4, 0.5) is 0 Å². The average Bonchev–Trinajstić information content (AvgIpc) is 3.43. The lowest BCUT2D eigenvalue weighted by Gasteiger charge is -2.30. The maximum atomic E-state index is 11.8. The third-order valence-electron chi connectivity index (χ3n) is 5.52. The Balaban J connectivity index is 1.39. The molecular formula is C20H30N2O3S. The van der Waals surface area contributed by atoms with Gasteiger partial charge in [-0.25, -0.2) is 12.7 Å². The molecule has 0 spiro atoms. The van der Waals surface area contributed by atoms with Crippen LogP contribution in [-0.2, 0) is 27.7 Å². The molecule has 0 aromatic heterocycles. The molecule has 1 saturated carbocycles. The van der Waals surface area contributed by atoms with Crippen LogP contribution in [0.3, 0.4) is 0 Å². The van der Waals surface area contributed by atoms with E-state index >= 15 is 0 Å². The molecule has 1 aromatic rings. The van der Waals surface area contributed by atoms with Crippen molar-refractivity contribution in [2.75, 3.05) is 25.9 Å². The lowest BCUT2D eigenvalue weighted by Crippen LogP contribution is -2.38. The van der Waals surface area contributed by atoms with Crippen molar-refractivity contribution < 1.29 is 13.2 Å². The highest BCUT2D eigenvalue weighted by atomic mass is 32.2. The standard InChI is InChI=1S/C20H30N2O3S/c1-26(24,25)22-12-10-18(11-13-22)14-17-4-2-16(3-5-17)8-9-20(23)21-15-19-6-7-19/h2-5,18-19H,6-15H2,1H3,(H,21,23). The molecule has 1 N–H and O–H groups in total. The molecule has 2 aliphatic rings. The Morgan fingerprint density at radius 2 is 1.65 bits per heavy atom. The van der Waals surface area contributed by atoms with Gasteiger partial charge in [-0.1, -0.05) is 24.3 Å². The Kier molecular flexibility index (Phi) is 6.35. The maximum absolute atomic E-state index is 11.8. The fourth-order valence-electron chi connectivity index (χ4n) is 3.55. The van der Waals surface area contributed by atoms with Gasteiger partial charge in [0.05, 0.1) is 6.26 Å². The molecule has 0 atom stereocenters. The summed E-state index contributed by atoms with van der Waals surface area (Å²) in [7, 11) is -3.05. The van der Waals surface area contributed by atoms with Crippen molar-refractivity contribution in [1.29, 1.82) is 0 Å². The van der Waals surface area contributed by atoms with E-state index in [1.807, 2.05) is 0 Å². The van der Waals surface area contributed by atoms with Crippen LogP contribution in [0.5, 0.6) is 0 Å². The van der Waals surface area contributed by atoms with Crippen LogP contribution in [0.1, 0.15) is 43.2 Å². The predicted octanol–water partition coefficient (Wildman–Crippen LogP) is 2.36. The van der Waals surface area contributed by atoms with Gasteiger partial charge in [0, 0.05) is 26.1 Å². The number of aryl methyl sites for hydroxylation is 1. The number of nitrogens with one attached hydrogen (secondary N) is 1. The highest BCUT2D eigenvalue weighted by Crippen LogP contribution is 2.27. The van der Waals surface area contributed by atoms with Crippen LogP contribution in [-0.4, -0.2) is 44.5 Å². The lowest BCUT2D eigenvalue weighted by molar-refractivity contribution is -0.121. The Bertz CT molecular complexity index is 703. The summed E-state index contributed by atoms with van der Waals surface area (Å²) in [6.07, 6.45) is 7.99. The van der Waals surface area contributed by atoms with Crippen LogP contribution < -0.4 is 5.32 Å². The third-order valence-corrected chi connectivity index (χ3v) is 6.82. The largest absolute Gasteiger partial charge is 0.356 e. The van der Waals surface area contributed by atoms with Crippen molar-refractivity contribution in [3.63, 3.8) is 0 Å². The number of amides is 1. The molecule has 1 saturated heterocycles. The minimum Gasteiger partial charge on any atom is -0.356 e. The van der Waals surface area contributed by atoms with Crippen molar-refractivity contribution in [3.05, 3.63) is 35.4 Å². The van der Waals surface area contributed by atoms with Crippen LogP contribution in [0.15, 0.2) is 24.3 Å². The Labute approximate surface area is 157 Å². The molecule has 0 bridgehead atoms. The zero-order valence-electron chi connectivity index (χ0n) is 15.6. The molecular weight excluding hydrogens is 348 g/mol. The molecule has 1 aliphatic carbocycles. The van der Waals surface area contributed by atoms with E-state index in [4.69, 9.17) is 0 Å². The minimum absolute atomic E-state index is 0.151. The highest BCUT2D eigenvalue weighted by Gasteiger charge is 2.25. The quantitative estimate of drug-likeness (QED) is 0.755. The first-order chi connectivity index (χ1) is 12.4. The van der Waals surface area contributed by atoms with Gasteiger partial charge in [-0.3, -0.25) is 4.79 Å². The normalized spacial score (nSPS) is 19.4. The number of hydrogen-bond acceptors (Lipinski definition) is 3. The van der Waals surface area contributed by atoms with Crippen LogP contribution in [0, 0.1) is 11.8 Å². The number of carbonyl (C=O) groups excluding carboxylic acids is 1. The maximum Gasteiger partial charge on any atom is 0.220 e. The van der Waals surface area contributed by atoms with Gasteiger partial charge in [0.1, 0.15) is 0 Å². The summed E-state index contributed by atoms with van der Waals surface area (Å²) in [6, 6.07) is 8.55. The van der Waals surface area contributed by atoms with Gasteiger partial charge >= 0.3 is 0 Å². The fourth-order valence-corrected chi connectivity index (χ4v) is 4.42. The zero-order chi connectivity index (χ0) is 18.6. The van der Waals surface area contributed by atoms with Crippen molar-refractivity contribution in [1.82, 2.24) is 9.62 Å². The molecule has 26 heavy (non-hydrogen) atoms. The second-order valence-electron chi connectivity index (χ2n) is 7.87. The first-order valence-corrected chi connectivity index (χ1v) is 11.5. The molecule has 5 nitrogen and oxygen atoms in total. The van der Waals surface area contributed by atoms with Crippen LogP contribution in [0.2, 0.25) is 0 Å². The summed E-state index contributed by atoms with van der Waals surface area (Å²) in [5, 5.41) is 3.01. The van der Waals surface area contributed by atoms with E-state index in [2.05, 4.69) is 29.6 Å². The topological polar surface area (TPSA) is 66.5 Å². The SMILES string of the molecule is CS(=O)(=O)N1CCC(Cc2ccc(CCC(=O)NCC3CC3)cc2)CC1. The molecule has 1 amide bonds. The number of piperidine rings is 1. The second-order valence-corrected chi connectivity index (χ2v) is 9.86. The molecule has 144 valence electrons. The third kappa shape index (κ3) is 6.09. The first-order valence-electron chi connectivity index (χ1n) is 9.70. The van der Waals surface area contributed by atoms with Gasteiger partial charge in [0.15, 0.2) is 0 Å². The smallest absolute Gasteiger partial charge is 0.220 e. The van der Waals surface area contributed by atoms with Gasteiger partial charge in [-0.15, -0.1) is 0 Å². The van der Waals surface area contributed by atoms with Gasteiger partial charge in [-0.2, -0.15) is 0 Å². The van der Waals surface area contributed by atoms with Crippen molar-refractivity contribution in [3.8, 4) is 0 Å². The van der Waals surface area contributed by atoms with E-state index in [1.165, 1.54) is 30.2 Å². The summed E-state index contributed by atoms with van der Waals surface area (Å²) in [4.78, 5) is 11.8. The van der Waals surface area contributed by atoms with E-state index in [0.717, 1.165) is 38.1 Å². The van der Waals surface area contributed by atoms with Gasteiger partial charge in [-0.05, 0) is 61.5 Å². The molecule has 0 radical (unpaired) electrons. The van der Waals surface area contributed by atoms with Gasteiger partial charge < -0.3 is 5.32 Å². The molecule has 3 rings (SSSR count). The van der Waals surface area contributed by atoms with E-state index in [0.29, 0.717) is 25.4 Å². The molecule has 1 heterocycles. The highest BCUT2D eigenvalue weighted by molar-refractivity contribution is 7.88. The zero-order valence-corrected chi connectivity index (χ0v) is 16.4. The van der Waals surface area contributed by atoms with Crippen molar-refractivity contribution in [2.45, 2.75) is 44.9 Å². The summed E-state index contributed by atoms with van der Waals surface area (Å²) in [5.74, 6) is 1.42. The Morgan fingerprint density at radius 1 is 1.04 bits per heavy atom. The fraction of sp³-hybridized carbons (Fsp3) is 0.650. The van der Waals surface area contributed by atoms with Crippen LogP contribution in [0.25, 0.3) is 0 Å². The number of nitrogens with zero attached hydrogens (tertiary/aromatic N) is 1. The Hall–Kier alpha value is -1.40. The van der Waals surface area contributed by atoms with Crippen LogP contribution >= 0.6 is 0 Å². The number of benzene rings is 1. The van der Waals surface area contributed by atoms with E-state index in [-0.39, 0.29) is 5.91 Å². The molecule has 6 heteroatoms. The summed E-state index contributed by atoms with van der Waals surface area (Å²) >= 11 is 0. The van der Waals surface area contributed by atoms with Gasteiger partial charge in [0.25, 0.3) is 0 Å². The average molecular weight is 379 g/mol. The van der Waals surface area contributed by atoms with E-state index < -0.39 is 10.0 Å². The molecule has 0 unspecified atom stereocenters. The minimum atomic E-state index is -3.05. The number of rotatable bonds is 8. The van der Waals surface area contributed by atoms with Gasteiger partial charge in [0.2, 0.25) is 15.9 Å². The summed E-state index contributed by atoms with van der Waals surface area (Å²) < 4.78 is 24.7. The number of carbonyl (C=O) groups is 1. The summed E-state index contributed by atoms with van der Waals surface area (Å²) in [6.45, 7) is 2.12. The predicted molar refractivity (Wildman–Crippen MR) is 103 cm³/mol. The number of sulfonamides is 1.